The van der Waals surface area contributed by atoms with E-state index in [0.717, 1.165) is 12.0 Å². The molecule has 3 heterocycles. The van der Waals surface area contributed by atoms with Gasteiger partial charge in [-0.2, -0.15) is 0 Å². The molecule has 0 radical (unpaired) electrons. The van der Waals surface area contributed by atoms with Crippen molar-refractivity contribution in [2.24, 2.45) is 17.6 Å². The minimum absolute atomic E-state index is 0.00314. The quantitative estimate of drug-likeness (QED) is 0.229. The first-order valence-electron chi connectivity index (χ1n) is 17.9. The van der Waals surface area contributed by atoms with Gasteiger partial charge in [0.25, 0.3) is 0 Å². The minimum atomic E-state index is -1.08. The Balaban J connectivity index is 1.49. The number of carbonyl (C=O) groups is 6. The third-order valence-corrected chi connectivity index (χ3v) is 10.3. The minimum Gasteiger partial charge on any atom is -0.480 e. The van der Waals surface area contributed by atoms with Crippen molar-refractivity contribution >= 4 is 35.5 Å². The zero-order chi connectivity index (χ0) is 35.8. The summed E-state index contributed by atoms with van der Waals surface area (Å²) in [6.45, 7) is 8.80. The van der Waals surface area contributed by atoms with Crippen LogP contribution in [0.5, 0.6) is 0 Å². The molecule has 0 aliphatic carbocycles. The van der Waals surface area contributed by atoms with Crippen LogP contribution in [0, 0.1) is 11.8 Å². The lowest BCUT2D eigenvalue weighted by Crippen LogP contribution is -2.59. The summed E-state index contributed by atoms with van der Waals surface area (Å²) in [5, 5.41) is 15.5. The molecule has 7 atom stereocenters. The Hall–Kier alpha value is -4.00. The summed E-state index contributed by atoms with van der Waals surface area (Å²) in [6.07, 6.45) is 4.25. The number of amides is 5. The fourth-order valence-corrected chi connectivity index (χ4v) is 7.25. The van der Waals surface area contributed by atoms with Gasteiger partial charge in [-0.3, -0.25) is 24.0 Å². The Morgan fingerprint density at radius 3 is 1.96 bits per heavy atom. The van der Waals surface area contributed by atoms with E-state index in [4.69, 9.17) is 5.73 Å². The number of carbonyl (C=O) groups excluding carboxylic acids is 5. The molecule has 0 saturated carbocycles. The van der Waals surface area contributed by atoms with E-state index in [1.165, 1.54) is 9.80 Å². The van der Waals surface area contributed by atoms with E-state index in [-0.39, 0.29) is 43.0 Å². The van der Waals surface area contributed by atoms with Crippen LogP contribution in [0.15, 0.2) is 30.3 Å². The molecule has 13 nitrogen and oxygen atoms in total. The molecule has 0 bridgehead atoms. The summed E-state index contributed by atoms with van der Waals surface area (Å²) in [4.78, 5) is 85.0. The SMILES string of the molecule is CC[C@H](C)[C@H](N)C(=O)N1CCC[C@H]1C(=O)N1CCC[C@H]1C(=O)N[C@@H](CC(C)C)C(=O)N[C@@H](Cc1ccccc1)C(=O)N1CCC[C@H]1C(=O)O. The van der Waals surface area contributed by atoms with Crippen LogP contribution in [0.3, 0.4) is 0 Å². The number of nitrogens with two attached hydrogens (primary N) is 1. The van der Waals surface area contributed by atoms with E-state index >= 15 is 0 Å². The van der Waals surface area contributed by atoms with Crippen LogP contribution < -0.4 is 16.4 Å². The Morgan fingerprint density at radius 1 is 0.796 bits per heavy atom. The van der Waals surface area contributed by atoms with Crippen LogP contribution in [0.4, 0.5) is 0 Å². The van der Waals surface area contributed by atoms with Gasteiger partial charge in [0.15, 0.2) is 0 Å². The molecular weight excluding hydrogens is 628 g/mol. The Kier molecular flexibility index (Phi) is 13.2. The topological polar surface area (TPSA) is 182 Å². The maximum absolute atomic E-state index is 13.9. The largest absolute Gasteiger partial charge is 0.480 e. The van der Waals surface area contributed by atoms with E-state index in [0.29, 0.717) is 51.6 Å². The lowest BCUT2D eigenvalue weighted by Gasteiger charge is -2.33. The molecule has 4 rings (SSSR count). The van der Waals surface area contributed by atoms with E-state index in [9.17, 15) is 33.9 Å². The van der Waals surface area contributed by atoms with Crippen molar-refractivity contribution in [3.8, 4) is 0 Å². The van der Waals surface area contributed by atoms with Crippen molar-refractivity contribution in [2.75, 3.05) is 19.6 Å². The van der Waals surface area contributed by atoms with E-state index in [1.54, 1.807) is 4.90 Å². The zero-order valence-electron chi connectivity index (χ0n) is 29.3. The van der Waals surface area contributed by atoms with Gasteiger partial charge in [0.2, 0.25) is 29.5 Å². The highest BCUT2D eigenvalue weighted by Gasteiger charge is 2.44. The summed E-state index contributed by atoms with van der Waals surface area (Å²) < 4.78 is 0. The molecule has 3 aliphatic rings. The first-order valence-corrected chi connectivity index (χ1v) is 17.9. The smallest absolute Gasteiger partial charge is 0.326 e. The van der Waals surface area contributed by atoms with Crippen molar-refractivity contribution in [1.82, 2.24) is 25.3 Å². The van der Waals surface area contributed by atoms with Gasteiger partial charge >= 0.3 is 5.97 Å². The fraction of sp³-hybridized carbons (Fsp3) is 0.667. The lowest BCUT2D eigenvalue weighted by atomic mass is 9.98. The van der Waals surface area contributed by atoms with Crippen LogP contribution in [-0.4, -0.2) is 111 Å². The van der Waals surface area contributed by atoms with Crippen molar-refractivity contribution in [3.63, 3.8) is 0 Å². The summed E-state index contributed by atoms with van der Waals surface area (Å²) in [5.41, 5.74) is 7.04. The predicted octanol–water partition coefficient (Wildman–Crippen LogP) is 1.68. The first-order chi connectivity index (χ1) is 23.3. The number of likely N-dealkylation sites (tertiary alicyclic amines) is 3. The molecule has 5 N–H and O–H groups in total. The number of carboxylic acids is 1. The highest BCUT2D eigenvalue weighted by atomic mass is 16.4. The second kappa shape index (κ2) is 17.1. The molecule has 270 valence electrons. The molecule has 3 aliphatic heterocycles. The lowest BCUT2D eigenvalue weighted by molar-refractivity contribution is -0.149. The van der Waals surface area contributed by atoms with Crippen molar-refractivity contribution in [1.29, 1.82) is 0 Å². The number of nitrogens with zero attached hydrogens (tertiary/aromatic N) is 3. The van der Waals surface area contributed by atoms with Crippen LogP contribution >= 0.6 is 0 Å². The number of benzene rings is 1. The van der Waals surface area contributed by atoms with Gasteiger partial charge in [-0.1, -0.05) is 64.4 Å². The zero-order valence-corrected chi connectivity index (χ0v) is 29.3. The molecule has 0 spiro atoms. The highest BCUT2D eigenvalue weighted by Crippen LogP contribution is 2.27. The summed E-state index contributed by atoms with van der Waals surface area (Å²) in [5.74, 6) is -3.13. The molecule has 49 heavy (non-hydrogen) atoms. The number of rotatable bonds is 14. The predicted molar refractivity (Wildman–Crippen MR) is 183 cm³/mol. The third-order valence-electron chi connectivity index (χ3n) is 10.3. The summed E-state index contributed by atoms with van der Waals surface area (Å²) >= 11 is 0. The van der Waals surface area contributed by atoms with Crippen LogP contribution in [0.25, 0.3) is 0 Å². The average molecular weight is 683 g/mol. The number of carboxylic acid groups (broad SMARTS) is 1. The molecular formula is C36H54N6O7. The van der Waals surface area contributed by atoms with Crippen LogP contribution in [-0.2, 0) is 35.2 Å². The van der Waals surface area contributed by atoms with Gasteiger partial charge in [0, 0.05) is 26.1 Å². The molecule has 1 aromatic rings. The normalized spacial score (nSPS) is 23.2. The van der Waals surface area contributed by atoms with Crippen molar-refractivity contribution < 1.29 is 33.9 Å². The summed E-state index contributed by atoms with van der Waals surface area (Å²) in [7, 11) is 0. The standard InChI is InChI=1S/C36H54N6O7/c1-5-23(4)30(37)35(47)41-18-10-15-28(41)34(46)40-17-9-14-27(40)32(44)38-25(20-22(2)3)31(43)39-26(21-24-12-7-6-8-13-24)33(45)42-19-11-16-29(42)36(48)49/h6-8,12-13,22-23,25-30H,5,9-11,14-21,37H2,1-4H3,(H,38,44)(H,39,43)(H,48,49)/t23-,25-,26-,27-,28-,29-,30-/m0/s1. The van der Waals surface area contributed by atoms with E-state index < -0.39 is 59.9 Å². The molecule has 0 aromatic heterocycles. The number of hydrogen-bond donors (Lipinski definition) is 4. The van der Waals surface area contributed by atoms with Gasteiger partial charge in [-0.25, -0.2) is 4.79 Å². The second-order valence-corrected chi connectivity index (χ2v) is 14.3. The molecule has 0 unspecified atom stereocenters. The number of hydrogen-bond acceptors (Lipinski definition) is 7. The Bertz CT molecular complexity index is 1360. The van der Waals surface area contributed by atoms with Gasteiger partial charge in [-0.15, -0.1) is 0 Å². The molecule has 3 saturated heterocycles. The van der Waals surface area contributed by atoms with Crippen molar-refractivity contribution in [3.05, 3.63) is 35.9 Å². The van der Waals surface area contributed by atoms with Gasteiger partial charge in [-0.05, 0) is 62.3 Å². The maximum Gasteiger partial charge on any atom is 0.326 e. The highest BCUT2D eigenvalue weighted by molar-refractivity contribution is 5.97. The first kappa shape index (κ1) is 37.8. The third kappa shape index (κ3) is 9.17. The molecule has 3 fully saturated rings. The van der Waals surface area contributed by atoms with Gasteiger partial charge in [0.05, 0.1) is 6.04 Å². The molecule has 1 aromatic carbocycles. The van der Waals surface area contributed by atoms with Crippen LogP contribution in [0.2, 0.25) is 0 Å². The number of aliphatic carboxylic acids is 1. The van der Waals surface area contributed by atoms with E-state index in [1.807, 2.05) is 58.0 Å². The fourth-order valence-electron chi connectivity index (χ4n) is 7.25. The van der Waals surface area contributed by atoms with Crippen molar-refractivity contribution in [2.45, 2.75) is 122 Å². The molecule has 5 amide bonds. The van der Waals surface area contributed by atoms with Gasteiger partial charge < -0.3 is 36.2 Å². The maximum atomic E-state index is 13.9. The van der Waals surface area contributed by atoms with E-state index in [2.05, 4.69) is 10.6 Å². The second-order valence-electron chi connectivity index (χ2n) is 14.3. The average Bonchev–Trinajstić information content (AvgIpc) is 3.87. The van der Waals surface area contributed by atoms with Crippen LogP contribution in [0.1, 0.15) is 84.6 Å². The van der Waals surface area contributed by atoms with Gasteiger partial charge in [0.1, 0.15) is 30.2 Å². The monoisotopic (exact) mass is 682 g/mol. The number of nitrogens with one attached hydrogen (secondary N) is 2. The Morgan fingerprint density at radius 2 is 1.37 bits per heavy atom. The Labute approximate surface area is 289 Å². The summed E-state index contributed by atoms with van der Waals surface area (Å²) in [6, 6.07) is 3.96. The molecule has 13 heteroatoms.